The van der Waals surface area contributed by atoms with Gasteiger partial charge in [-0.2, -0.15) is 0 Å². The Labute approximate surface area is 154 Å². The van der Waals surface area contributed by atoms with Crippen molar-refractivity contribution in [3.63, 3.8) is 0 Å². The van der Waals surface area contributed by atoms with Gasteiger partial charge < -0.3 is 0 Å². The molecule has 1 aliphatic rings. The highest BCUT2D eigenvalue weighted by molar-refractivity contribution is 5.86. The second kappa shape index (κ2) is 6.83. The molecule has 0 bridgehead atoms. The molecule has 0 spiro atoms. The van der Waals surface area contributed by atoms with Crippen molar-refractivity contribution in [2.75, 3.05) is 0 Å². The minimum Gasteiger partial charge on any atom is -0.0642 e. The Hall–Kier alpha value is -1.82. The van der Waals surface area contributed by atoms with E-state index in [2.05, 4.69) is 91.3 Å². The van der Waals surface area contributed by atoms with Crippen LogP contribution in [0.25, 0.3) is 17.2 Å². The third-order valence-electron chi connectivity index (χ3n) is 5.29. The van der Waals surface area contributed by atoms with Gasteiger partial charge in [0.05, 0.1) is 0 Å². The predicted molar refractivity (Wildman–Crippen MR) is 111 cm³/mol. The maximum Gasteiger partial charge on any atom is 0.0161 e. The van der Waals surface area contributed by atoms with Gasteiger partial charge in [-0.25, -0.2) is 0 Å². The fraction of sp³-hybridized carbons (Fsp3) is 0.400. The summed E-state index contributed by atoms with van der Waals surface area (Å²) in [6.45, 7) is 16.0. The van der Waals surface area contributed by atoms with Gasteiger partial charge in [0.2, 0.25) is 0 Å². The van der Waals surface area contributed by atoms with Crippen molar-refractivity contribution in [2.45, 2.75) is 66.2 Å². The lowest BCUT2D eigenvalue weighted by molar-refractivity contribution is 0.833. The highest BCUT2D eigenvalue weighted by Crippen LogP contribution is 2.41. The number of hydrogen-bond donors (Lipinski definition) is 0. The minimum absolute atomic E-state index is 0.514. The van der Waals surface area contributed by atoms with E-state index in [1.807, 2.05) is 0 Å². The molecule has 0 saturated heterocycles. The Morgan fingerprint density at radius 3 is 1.84 bits per heavy atom. The van der Waals surface area contributed by atoms with E-state index >= 15 is 0 Å². The molecule has 0 aromatic heterocycles. The van der Waals surface area contributed by atoms with Gasteiger partial charge in [0.25, 0.3) is 0 Å². The molecule has 0 fully saturated rings. The molecule has 0 aliphatic heterocycles. The lowest BCUT2D eigenvalue weighted by Crippen LogP contribution is -2.00. The van der Waals surface area contributed by atoms with Crippen LogP contribution in [0.4, 0.5) is 0 Å². The van der Waals surface area contributed by atoms with Crippen molar-refractivity contribution in [3.05, 3.63) is 70.1 Å². The predicted octanol–water partition coefficient (Wildman–Crippen LogP) is 7.69. The summed E-state index contributed by atoms with van der Waals surface area (Å²) in [5.41, 5.74) is 11.3. The van der Waals surface area contributed by atoms with Crippen molar-refractivity contribution < 1.29 is 0 Å². The average Bonchev–Trinajstić information content (AvgIpc) is 2.93. The van der Waals surface area contributed by atoms with E-state index in [0.717, 1.165) is 0 Å². The molecule has 2 aromatic rings. The number of hydrogen-bond acceptors (Lipinski definition) is 0. The van der Waals surface area contributed by atoms with Gasteiger partial charge in [0.1, 0.15) is 0 Å². The molecule has 0 heterocycles. The van der Waals surface area contributed by atoms with E-state index in [4.69, 9.17) is 0 Å². The molecule has 0 amide bonds. The summed E-state index contributed by atoms with van der Waals surface area (Å²) in [5, 5.41) is 0. The maximum atomic E-state index is 2.42. The largest absolute Gasteiger partial charge is 0.0642 e. The summed E-state index contributed by atoms with van der Waals surface area (Å²) >= 11 is 0. The van der Waals surface area contributed by atoms with Crippen LogP contribution in [0.5, 0.6) is 0 Å². The summed E-state index contributed by atoms with van der Waals surface area (Å²) in [5.74, 6) is 1.60. The van der Waals surface area contributed by atoms with E-state index in [9.17, 15) is 0 Å². The van der Waals surface area contributed by atoms with Crippen LogP contribution in [0.2, 0.25) is 0 Å². The summed E-state index contributed by atoms with van der Waals surface area (Å²) in [6.07, 6.45) is 4.66. The highest BCUT2D eigenvalue weighted by atomic mass is 14.2. The first-order valence-electron chi connectivity index (χ1n) is 9.63. The summed E-state index contributed by atoms with van der Waals surface area (Å²) in [6, 6.07) is 11.8. The van der Waals surface area contributed by atoms with Crippen LogP contribution in [0.15, 0.2) is 35.9 Å². The smallest absolute Gasteiger partial charge is 0.0161 e. The molecule has 0 N–H and O–H groups in total. The standard InChI is InChI=1S/C25H31/c1-15(2)20-12-21(16(3)4)14-22(13-20)25-23(17(5)6)9-8-19-10-18(7)11-24(19)25/h8-17H,1-7H3. The summed E-state index contributed by atoms with van der Waals surface area (Å²) in [7, 11) is 0. The van der Waals surface area contributed by atoms with Crippen molar-refractivity contribution in [2.24, 2.45) is 0 Å². The molecule has 2 aromatic carbocycles. The average molecular weight is 332 g/mol. The van der Waals surface area contributed by atoms with Crippen LogP contribution >= 0.6 is 0 Å². The third-order valence-corrected chi connectivity index (χ3v) is 5.29. The molecule has 0 atom stereocenters. The first-order chi connectivity index (χ1) is 11.8. The fourth-order valence-electron chi connectivity index (χ4n) is 3.74. The molecule has 0 unspecified atom stereocenters. The van der Waals surface area contributed by atoms with Crippen LogP contribution in [0.3, 0.4) is 0 Å². The zero-order valence-electron chi connectivity index (χ0n) is 16.8. The first-order valence-corrected chi connectivity index (χ1v) is 9.63. The molecule has 1 aliphatic carbocycles. The Kier molecular flexibility index (Phi) is 4.91. The van der Waals surface area contributed by atoms with Gasteiger partial charge >= 0.3 is 0 Å². The molecule has 131 valence electrons. The monoisotopic (exact) mass is 331 g/mol. The topological polar surface area (TPSA) is 0 Å². The molecular weight excluding hydrogens is 300 g/mol. The summed E-state index contributed by atoms with van der Waals surface area (Å²) < 4.78 is 0. The van der Waals surface area contributed by atoms with Crippen LogP contribution in [-0.4, -0.2) is 0 Å². The van der Waals surface area contributed by atoms with Crippen molar-refractivity contribution >= 4 is 6.08 Å². The third kappa shape index (κ3) is 3.45. The van der Waals surface area contributed by atoms with Crippen molar-refractivity contribution in [1.29, 1.82) is 0 Å². The minimum atomic E-state index is 0.514. The normalized spacial score (nSPS) is 13.8. The lowest BCUT2D eigenvalue weighted by atomic mass is 9.84. The molecule has 25 heavy (non-hydrogen) atoms. The van der Waals surface area contributed by atoms with Crippen molar-refractivity contribution in [1.82, 2.24) is 0 Å². The number of rotatable bonds is 4. The number of fused-ring (bicyclic) bond motifs is 1. The number of allylic oxidation sites excluding steroid dienone is 1. The molecular formula is C25H31. The zero-order valence-corrected chi connectivity index (χ0v) is 16.8. The van der Waals surface area contributed by atoms with Gasteiger partial charge in [-0.15, -0.1) is 0 Å². The Bertz CT molecular complexity index is 790. The van der Waals surface area contributed by atoms with E-state index in [1.54, 1.807) is 0 Å². The van der Waals surface area contributed by atoms with Gasteiger partial charge in [-0.05, 0) is 63.6 Å². The van der Waals surface area contributed by atoms with E-state index in [0.29, 0.717) is 17.8 Å². The maximum absolute atomic E-state index is 2.42. The molecule has 0 saturated carbocycles. The number of benzene rings is 2. The molecule has 1 radical (unpaired) electrons. The lowest BCUT2D eigenvalue weighted by Gasteiger charge is -2.20. The van der Waals surface area contributed by atoms with Gasteiger partial charge in [0, 0.05) is 6.42 Å². The van der Waals surface area contributed by atoms with E-state index in [1.165, 1.54) is 44.5 Å². The SMILES string of the molecule is CC1=Cc2c(ccc(C(C)C)c2-c2cc(C(C)C)cc(C(C)C)c2)[CH]1. The van der Waals surface area contributed by atoms with Gasteiger partial charge in [0.15, 0.2) is 0 Å². The second-order valence-electron chi connectivity index (χ2n) is 8.42. The highest BCUT2D eigenvalue weighted by Gasteiger charge is 2.21. The Morgan fingerprint density at radius 1 is 0.720 bits per heavy atom. The van der Waals surface area contributed by atoms with Gasteiger partial charge in [-0.1, -0.05) is 83.5 Å². The van der Waals surface area contributed by atoms with E-state index < -0.39 is 0 Å². The first kappa shape index (κ1) is 18.0. The van der Waals surface area contributed by atoms with Crippen LogP contribution < -0.4 is 0 Å². The second-order valence-corrected chi connectivity index (χ2v) is 8.42. The van der Waals surface area contributed by atoms with Gasteiger partial charge in [-0.3, -0.25) is 0 Å². The van der Waals surface area contributed by atoms with Crippen LogP contribution in [0.1, 0.15) is 94.0 Å². The van der Waals surface area contributed by atoms with Crippen LogP contribution in [0, 0.1) is 6.42 Å². The molecule has 0 heteroatoms. The van der Waals surface area contributed by atoms with Crippen LogP contribution in [-0.2, 0) is 0 Å². The quantitative estimate of drug-likeness (QED) is 0.538. The Balaban J connectivity index is 2.31. The fourth-order valence-corrected chi connectivity index (χ4v) is 3.74. The molecule has 3 rings (SSSR count). The zero-order chi connectivity index (χ0) is 18.3. The van der Waals surface area contributed by atoms with Crippen molar-refractivity contribution in [3.8, 4) is 11.1 Å². The Morgan fingerprint density at radius 2 is 1.32 bits per heavy atom. The molecule has 0 nitrogen and oxygen atoms in total. The summed E-state index contributed by atoms with van der Waals surface area (Å²) in [4.78, 5) is 0. The van der Waals surface area contributed by atoms with E-state index in [-0.39, 0.29) is 0 Å².